The third-order valence-corrected chi connectivity index (χ3v) is 6.63. The fourth-order valence-corrected chi connectivity index (χ4v) is 4.71. The van der Waals surface area contributed by atoms with Gasteiger partial charge in [0.15, 0.2) is 0 Å². The van der Waals surface area contributed by atoms with E-state index in [1.165, 1.54) is 4.90 Å². The van der Waals surface area contributed by atoms with Crippen LogP contribution in [0.4, 0.5) is 0 Å². The van der Waals surface area contributed by atoms with Gasteiger partial charge in [0.2, 0.25) is 5.91 Å². The number of H-pyrrole nitrogens is 2. The number of aliphatic carboxylic acids is 1. The predicted octanol–water partition coefficient (Wildman–Crippen LogP) is 4.15. The van der Waals surface area contributed by atoms with Crippen molar-refractivity contribution in [3.8, 4) is 0 Å². The van der Waals surface area contributed by atoms with E-state index in [0.717, 1.165) is 32.9 Å². The lowest BCUT2D eigenvalue weighted by Gasteiger charge is -2.27. The summed E-state index contributed by atoms with van der Waals surface area (Å²) < 4.78 is 0. The van der Waals surface area contributed by atoms with Crippen LogP contribution in [0.15, 0.2) is 91.1 Å². The lowest BCUT2D eigenvalue weighted by molar-refractivity contribution is -0.145. The molecule has 5 rings (SSSR count). The molecule has 38 heavy (non-hydrogen) atoms. The minimum absolute atomic E-state index is 0.205. The summed E-state index contributed by atoms with van der Waals surface area (Å²) in [6.07, 6.45) is 2.53. The molecule has 8 heteroatoms. The number of rotatable bonds is 10. The summed E-state index contributed by atoms with van der Waals surface area (Å²) in [5, 5.41) is 14.3. The van der Waals surface area contributed by atoms with E-state index in [0.29, 0.717) is 12.1 Å². The first-order valence-corrected chi connectivity index (χ1v) is 12.5. The van der Waals surface area contributed by atoms with Gasteiger partial charge in [0.05, 0.1) is 0 Å². The number of nitrogens with one attached hydrogen (secondary N) is 3. The highest BCUT2D eigenvalue weighted by atomic mass is 16.4. The van der Waals surface area contributed by atoms with E-state index in [1.807, 2.05) is 85.1 Å². The Morgan fingerprint density at radius 3 is 2.37 bits per heavy atom. The van der Waals surface area contributed by atoms with Gasteiger partial charge < -0.3 is 25.3 Å². The highest BCUT2D eigenvalue weighted by Gasteiger charge is 2.29. The van der Waals surface area contributed by atoms with Crippen LogP contribution in [0.2, 0.25) is 0 Å². The molecular weight excluding hydrogens is 480 g/mol. The Balaban J connectivity index is 1.43. The van der Waals surface area contributed by atoms with Crippen molar-refractivity contribution < 1.29 is 19.5 Å². The molecule has 0 spiro atoms. The maximum absolute atomic E-state index is 13.8. The van der Waals surface area contributed by atoms with E-state index >= 15 is 0 Å². The molecule has 0 aliphatic carbocycles. The van der Waals surface area contributed by atoms with Gasteiger partial charge in [-0.15, -0.1) is 0 Å². The smallest absolute Gasteiger partial charge is 0.323 e. The molecule has 3 aromatic carbocycles. The Hall–Kier alpha value is -4.85. The molecule has 8 nitrogen and oxygen atoms in total. The van der Waals surface area contributed by atoms with Crippen molar-refractivity contribution in [3.63, 3.8) is 0 Å². The molecule has 0 saturated carbocycles. The van der Waals surface area contributed by atoms with Crippen LogP contribution in [0.25, 0.3) is 21.8 Å². The Morgan fingerprint density at radius 1 is 0.895 bits per heavy atom. The van der Waals surface area contributed by atoms with Gasteiger partial charge in [0.1, 0.15) is 18.3 Å². The quantitative estimate of drug-likeness (QED) is 0.227. The molecule has 0 bridgehead atoms. The SMILES string of the molecule is O=C(O)CN(CCc1ccccc1)C(=O)[C@H](Cc1c[nH]c2ccccc12)NC(=O)c1cc2ccccc2[nH]1. The molecule has 2 heterocycles. The van der Waals surface area contributed by atoms with Gasteiger partial charge >= 0.3 is 5.97 Å². The molecule has 0 radical (unpaired) electrons. The highest BCUT2D eigenvalue weighted by molar-refractivity contribution is 6.00. The van der Waals surface area contributed by atoms with Crippen molar-refractivity contribution in [1.29, 1.82) is 0 Å². The van der Waals surface area contributed by atoms with Gasteiger partial charge in [-0.25, -0.2) is 0 Å². The Labute approximate surface area is 219 Å². The molecule has 1 atom stereocenters. The summed E-state index contributed by atoms with van der Waals surface area (Å²) in [5.74, 6) is -1.99. The number of nitrogens with zero attached hydrogens (tertiary/aromatic N) is 1. The molecule has 0 aliphatic rings. The van der Waals surface area contributed by atoms with Crippen LogP contribution in [0.3, 0.4) is 0 Å². The van der Waals surface area contributed by atoms with Gasteiger partial charge in [-0.1, -0.05) is 66.7 Å². The minimum atomic E-state index is -1.11. The zero-order valence-electron chi connectivity index (χ0n) is 20.7. The molecule has 5 aromatic rings. The van der Waals surface area contributed by atoms with Crippen LogP contribution in [-0.4, -0.2) is 56.9 Å². The summed E-state index contributed by atoms with van der Waals surface area (Å²) in [4.78, 5) is 46.4. The molecule has 0 fully saturated rings. The van der Waals surface area contributed by atoms with E-state index in [-0.39, 0.29) is 13.0 Å². The molecule has 0 saturated heterocycles. The zero-order valence-corrected chi connectivity index (χ0v) is 20.7. The van der Waals surface area contributed by atoms with Crippen LogP contribution in [-0.2, 0) is 22.4 Å². The molecule has 4 N–H and O–H groups in total. The van der Waals surface area contributed by atoms with Gasteiger partial charge in [-0.3, -0.25) is 14.4 Å². The number of carbonyl (C=O) groups is 3. The topological polar surface area (TPSA) is 118 Å². The second-order valence-corrected chi connectivity index (χ2v) is 9.25. The summed E-state index contributed by atoms with van der Waals surface area (Å²) in [5.41, 5.74) is 3.91. The number of para-hydroxylation sites is 2. The average Bonchev–Trinajstić information content (AvgIpc) is 3.55. The summed E-state index contributed by atoms with van der Waals surface area (Å²) in [7, 11) is 0. The lowest BCUT2D eigenvalue weighted by atomic mass is 10.0. The van der Waals surface area contributed by atoms with Crippen LogP contribution in [0.1, 0.15) is 21.6 Å². The lowest BCUT2D eigenvalue weighted by Crippen LogP contribution is -2.51. The molecule has 2 aromatic heterocycles. The third kappa shape index (κ3) is 5.59. The molecule has 2 amide bonds. The number of fused-ring (bicyclic) bond motifs is 2. The standard InChI is InChI=1S/C30H28N4O4/c35-28(36)19-34(15-14-20-8-2-1-3-9-20)30(38)27(17-22-18-31-25-13-7-5-11-23(22)25)33-29(37)26-16-21-10-4-6-12-24(21)32-26/h1-13,16,18,27,31-32H,14-15,17,19H2,(H,33,37)(H,35,36)/t27-/m0/s1. The van der Waals surface area contributed by atoms with Crippen molar-refractivity contribution >= 4 is 39.6 Å². The first kappa shape index (κ1) is 24.8. The van der Waals surface area contributed by atoms with Crippen LogP contribution in [0, 0.1) is 0 Å². The van der Waals surface area contributed by atoms with E-state index in [4.69, 9.17) is 0 Å². The summed E-state index contributed by atoms with van der Waals surface area (Å²) >= 11 is 0. The fourth-order valence-electron chi connectivity index (χ4n) is 4.71. The largest absolute Gasteiger partial charge is 0.480 e. The van der Waals surface area contributed by atoms with Gasteiger partial charge in [0.25, 0.3) is 5.91 Å². The molecular formula is C30H28N4O4. The van der Waals surface area contributed by atoms with Crippen molar-refractivity contribution in [3.05, 3.63) is 108 Å². The number of benzene rings is 3. The van der Waals surface area contributed by atoms with E-state index in [2.05, 4.69) is 15.3 Å². The number of carbonyl (C=O) groups excluding carboxylic acids is 2. The highest BCUT2D eigenvalue weighted by Crippen LogP contribution is 2.21. The number of amides is 2. The normalized spacial score (nSPS) is 11.9. The first-order valence-electron chi connectivity index (χ1n) is 12.5. The van der Waals surface area contributed by atoms with Crippen molar-refractivity contribution in [2.24, 2.45) is 0 Å². The van der Waals surface area contributed by atoms with E-state index in [9.17, 15) is 19.5 Å². The van der Waals surface area contributed by atoms with Crippen LogP contribution in [0.5, 0.6) is 0 Å². The number of hydrogen-bond donors (Lipinski definition) is 4. The summed E-state index contributed by atoms with van der Waals surface area (Å²) in [6.45, 7) is -0.250. The van der Waals surface area contributed by atoms with Crippen molar-refractivity contribution in [2.75, 3.05) is 13.1 Å². The monoisotopic (exact) mass is 508 g/mol. The average molecular weight is 509 g/mol. The van der Waals surface area contributed by atoms with Gasteiger partial charge in [-0.05, 0) is 35.7 Å². The second-order valence-electron chi connectivity index (χ2n) is 9.25. The van der Waals surface area contributed by atoms with Crippen LogP contribution < -0.4 is 5.32 Å². The summed E-state index contributed by atoms with van der Waals surface area (Å²) in [6, 6.07) is 25.6. The fraction of sp³-hybridized carbons (Fsp3) is 0.167. The first-order chi connectivity index (χ1) is 18.5. The second kappa shape index (κ2) is 11.0. The molecule has 0 aliphatic heterocycles. The zero-order chi connectivity index (χ0) is 26.5. The Morgan fingerprint density at radius 2 is 1.61 bits per heavy atom. The Bertz CT molecular complexity index is 1550. The Kier molecular flexibility index (Phi) is 7.21. The number of aromatic amines is 2. The van der Waals surface area contributed by atoms with Gasteiger partial charge in [-0.2, -0.15) is 0 Å². The van der Waals surface area contributed by atoms with Crippen molar-refractivity contribution in [2.45, 2.75) is 18.9 Å². The number of hydrogen-bond acceptors (Lipinski definition) is 3. The maximum Gasteiger partial charge on any atom is 0.323 e. The minimum Gasteiger partial charge on any atom is -0.480 e. The maximum atomic E-state index is 13.8. The van der Waals surface area contributed by atoms with E-state index < -0.39 is 30.4 Å². The molecule has 192 valence electrons. The number of carboxylic acids is 1. The predicted molar refractivity (Wildman–Crippen MR) is 146 cm³/mol. The van der Waals surface area contributed by atoms with Crippen molar-refractivity contribution in [1.82, 2.24) is 20.2 Å². The third-order valence-electron chi connectivity index (χ3n) is 6.63. The van der Waals surface area contributed by atoms with Crippen LogP contribution >= 0.6 is 0 Å². The van der Waals surface area contributed by atoms with E-state index in [1.54, 1.807) is 6.07 Å². The van der Waals surface area contributed by atoms with Gasteiger partial charge in [0, 0.05) is 41.0 Å². The number of carboxylic acid groups (broad SMARTS) is 1. The number of aromatic nitrogens is 2. The molecule has 0 unspecified atom stereocenters.